The maximum atomic E-state index is 13.0. The fourth-order valence-electron chi connectivity index (χ4n) is 1.79. The first kappa shape index (κ1) is 13.2. The molecule has 3 heteroatoms. The number of halogens is 2. The largest absolute Gasteiger partial charge is 0.306 e. The van der Waals surface area contributed by atoms with Crippen LogP contribution in [0.25, 0.3) is 0 Å². The van der Waals surface area contributed by atoms with Crippen molar-refractivity contribution in [2.45, 2.75) is 19.5 Å². The molecule has 0 saturated heterocycles. The van der Waals surface area contributed by atoms with Crippen LogP contribution in [0.5, 0.6) is 0 Å². The minimum absolute atomic E-state index is 0.189. The zero-order valence-corrected chi connectivity index (χ0v) is 11.7. The van der Waals surface area contributed by atoms with E-state index >= 15 is 0 Å². The quantitative estimate of drug-likeness (QED) is 0.880. The van der Waals surface area contributed by atoms with Gasteiger partial charge in [-0.25, -0.2) is 4.39 Å². The van der Waals surface area contributed by atoms with E-state index in [-0.39, 0.29) is 11.9 Å². The molecule has 0 saturated carbocycles. The van der Waals surface area contributed by atoms with Gasteiger partial charge in [-0.15, -0.1) is 0 Å². The minimum Gasteiger partial charge on any atom is -0.306 e. The molecule has 2 aromatic rings. The molecule has 94 valence electrons. The highest BCUT2D eigenvalue weighted by Gasteiger charge is 2.04. The average molecular weight is 308 g/mol. The first-order valence-electron chi connectivity index (χ1n) is 5.88. The molecule has 1 N–H and O–H groups in total. The Hall–Kier alpha value is -1.19. The van der Waals surface area contributed by atoms with Gasteiger partial charge in [-0.1, -0.05) is 40.2 Å². The lowest BCUT2D eigenvalue weighted by Gasteiger charge is -2.14. The van der Waals surface area contributed by atoms with Crippen molar-refractivity contribution >= 4 is 15.9 Å². The van der Waals surface area contributed by atoms with Gasteiger partial charge in [0.1, 0.15) is 5.82 Å². The second-order valence-electron chi connectivity index (χ2n) is 4.28. The predicted molar refractivity (Wildman–Crippen MR) is 75.8 cm³/mol. The van der Waals surface area contributed by atoms with E-state index < -0.39 is 0 Å². The van der Waals surface area contributed by atoms with Gasteiger partial charge in [0.25, 0.3) is 0 Å². The molecule has 2 rings (SSSR count). The Kier molecular flexibility index (Phi) is 4.50. The van der Waals surface area contributed by atoms with Gasteiger partial charge in [0.15, 0.2) is 0 Å². The molecule has 1 unspecified atom stereocenters. The first-order chi connectivity index (χ1) is 8.65. The van der Waals surface area contributed by atoms with Gasteiger partial charge in [0, 0.05) is 17.1 Å². The Bertz CT molecular complexity index is 510. The van der Waals surface area contributed by atoms with Gasteiger partial charge >= 0.3 is 0 Å². The summed E-state index contributed by atoms with van der Waals surface area (Å²) < 4.78 is 14.1. The molecule has 18 heavy (non-hydrogen) atoms. The van der Waals surface area contributed by atoms with Gasteiger partial charge in [-0.3, -0.25) is 0 Å². The van der Waals surface area contributed by atoms with E-state index in [4.69, 9.17) is 0 Å². The van der Waals surface area contributed by atoms with Crippen molar-refractivity contribution in [2.24, 2.45) is 0 Å². The van der Waals surface area contributed by atoms with Gasteiger partial charge in [-0.05, 0) is 42.3 Å². The lowest BCUT2D eigenvalue weighted by atomic mass is 10.1. The van der Waals surface area contributed by atoms with Crippen molar-refractivity contribution in [2.75, 3.05) is 0 Å². The third-order valence-corrected chi connectivity index (χ3v) is 3.40. The average Bonchev–Trinajstić information content (AvgIpc) is 2.37. The maximum absolute atomic E-state index is 13.0. The smallest absolute Gasteiger partial charge is 0.123 e. The van der Waals surface area contributed by atoms with E-state index in [1.807, 2.05) is 18.2 Å². The van der Waals surface area contributed by atoms with E-state index in [2.05, 4.69) is 40.3 Å². The SMILES string of the molecule is CC(NCc1cccc(F)c1)c1ccc(Br)cc1. The predicted octanol–water partition coefficient (Wildman–Crippen LogP) is 4.44. The van der Waals surface area contributed by atoms with Crippen LogP contribution in [0.15, 0.2) is 53.0 Å². The van der Waals surface area contributed by atoms with Crippen molar-refractivity contribution in [1.29, 1.82) is 0 Å². The molecule has 2 aromatic carbocycles. The molecular weight excluding hydrogens is 293 g/mol. The first-order valence-corrected chi connectivity index (χ1v) is 6.68. The van der Waals surface area contributed by atoms with E-state index in [1.165, 1.54) is 11.6 Å². The van der Waals surface area contributed by atoms with Gasteiger partial charge in [0.05, 0.1) is 0 Å². The standard InChI is InChI=1S/C15H15BrFN/c1-11(13-5-7-14(16)8-6-13)18-10-12-3-2-4-15(17)9-12/h2-9,11,18H,10H2,1H3. The monoisotopic (exact) mass is 307 g/mol. The number of nitrogens with one attached hydrogen (secondary N) is 1. The molecule has 0 radical (unpaired) electrons. The van der Waals surface area contributed by atoms with Crippen LogP contribution in [0, 0.1) is 5.82 Å². The fourth-order valence-corrected chi connectivity index (χ4v) is 2.05. The molecule has 0 aromatic heterocycles. The van der Waals surface area contributed by atoms with E-state index in [1.54, 1.807) is 12.1 Å². The lowest BCUT2D eigenvalue weighted by Crippen LogP contribution is -2.18. The van der Waals surface area contributed by atoms with Crippen molar-refractivity contribution in [3.63, 3.8) is 0 Å². The second kappa shape index (κ2) is 6.12. The molecule has 0 amide bonds. The third-order valence-electron chi connectivity index (χ3n) is 2.87. The summed E-state index contributed by atoms with van der Waals surface area (Å²) in [5.74, 6) is -0.189. The van der Waals surface area contributed by atoms with Gasteiger partial charge < -0.3 is 5.32 Å². The Labute approximate surface area is 115 Å². The summed E-state index contributed by atoms with van der Waals surface area (Å²) in [6.07, 6.45) is 0. The van der Waals surface area contributed by atoms with Crippen molar-refractivity contribution in [3.8, 4) is 0 Å². The number of benzene rings is 2. The van der Waals surface area contributed by atoms with Crippen LogP contribution in [0.4, 0.5) is 4.39 Å². The Morgan fingerprint density at radius 2 is 1.89 bits per heavy atom. The summed E-state index contributed by atoms with van der Waals surface area (Å²) in [5, 5.41) is 3.38. The highest BCUT2D eigenvalue weighted by atomic mass is 79.9. The lowest BCUT2D eigenvalue weighted by molar-refractivity contribution is 0.569. The molecule has 0 aliphatic rings. The number of rotatable bonds is 4. The van der Waals surface area contributed by atoms with E-state index in [0.29, 0.717) is 6.54 Å². The molecule has 0 heterocycles. The highest BCUT2D eigenvalue weighted by Crippen LogP contribution is 2.17. The minimum atomic E-state index is -0.189. The van der Waals surface area contributed by atoms with Crippen LogP contribution in [-0.4, -0.2) is 0 Å². The van der Waals surface area contributed by atoms with E-state index in [9.17, 15) is 4.39 Å². The molecule has 0 aliphatic carbocycles. The summed E-state index contributed by atoms with van der Waals surface area (Å²) >= 11 is 3.42. The fraction of sp³-hybridized carbons (Fsp3) is 0.200. The summed E-state index contributed by atoms with van der Waals surface area (Å²) in [4.78, 5) is 0. The molecule has 1 nitrogen and oxygen atoms in total. The number of hydrogen-bond donors (Lipinski definition) is 1. The van der Waals surface area contributed by atoms with Crippen LogP contribution in [0.1, 0.15) is 24.1 Å². The zero-order valence-electron chi connectivity index (χ0n) is 10.2. The summed E-state index contributed by atoms with van der Waals surface area (Å²) in [7, 11) is 0. The Balaban J connectivity index is 1.96. The summed E-state index contributed by atoms with van der Waals surface area (Å²) in [5.41, 5.74) is 2.17. The summed E-state index contributed by atoms with van der Waals surface area (Å²) in [6, 6.07) is 15.1. The molecule has 0 fully saturated rings. The topological polar surface area (TPSA) is 12.0 Å². The Morgan fingerprint density at radius 1 is 1.17 bits per heavy atom. The van der Waals surface area contributed by atoms with E-state index in [0.717, 1.165) is 10.0 Å². The van der Waals surface area contributed by atoms with Gasteiger partial charge in [-0.2, -0.15) is 0 Å². The molecule has 0 bridgehead atoms. The van der Waals surface area contributed by atoms with Crippen LogP contribution >= 0.6 is 15.9 Å². The maximum Gasteiger partial charge on any atom is 0.123 e. The zero-order chi connectivity index (χ0) is 13.0. The molecular formula is C15H15BrFN. The highest BCUT2D eigenvalue weighted by molar-refractivity contribution is 9.10. The molecule has 0 spiro atoms. The van der Waals surface area contributed by atoms with Crippen LogP contribution in [0.3, 0.4) is 0 Å². The van der Waals surface area contributed by atoms with Crippen molar-refractivity contribution in [3.05, 3.63) is 69.9 Å². The normalized spacial score (nSPS) is 12.4. The second-order valence-corrected chi connectivity index (χ2v) is 5.20. The molecule has 0 aliphatic heterocycles. The van der Waals surface area contributed by atoms with Crippen molar-refractivity contribution in [1.82, 2.24) is 5.32 Å². The van der Waals surface area contributed by atoms with Crippen LogP contribution < -0.4 is 5.32 Å². The van der Waals surface area contributed by atoms with Crippen LogP contribution in [0.2, 0.25) is 0 Å². The summed E-state index contributed by atoms with van der Waals surface area (Å²) in [6.45, 7) is 2.76. The third kappa shape index (κ3) is 3.65. The number of hydrogen-bond acceptors (Lipinski definition) is 1. The van der Waals surface area contributed by atoms with Gasteiger partial charge in [0.2, 0.25) is 0 Å². The van der Waals surface area contributed by atoms with Crippen LogP contribution in [-0.2, 0) is 6.54 Å². The van der Waals surface area contributed by atoms with Crippen molar-refractivity contribution < 1.29 is 4.39 Å². The Morgan fingerprint density at radius 3 is 2.56 bits per heavy atom. The molecule has 1 atom stereocenters.